The van der Waals surface area contributed by atoms with Gasteiger partial charge in [0, 0.05) is 13.1 Å². The maximum absolute atomic E-state index is 11.2. The largest absolute Gasteiger partial charge is 0.481 e. The van der Waals surface area contributed by atoms with Crippen LogP contribution < -0.4 is 0 Å². The zero-order chi connectivity index (χ0) is 19.5. The summed E-state index contributed by atoms with van der Waals surface area (Å²) in [5.74, 6) is 0. The molecule has 0 aromatic carbocycles. The number of hydrogen-bond acceptors (Lipinski definition) is 5. The lowest BCUT2D eigenvalue weighted by molar-refractivity contribution is 0.171. The van der Waals surface area contributed by atoms with Gasteiger partial charge in [-0.05, 0) is 53.5 Å². The molecule has 0 rings (SSSR count). The molecule has 0 aromatic rings. The summed E-state index contributed by atoms with van der Waals surface area (Å²) in [5, 5.41) is 0. The highest BCUT2D eigenvalue weighted by atomic mass is 31.3. The number of nitrogens with zero attached hydrogens (tertiary/aromatic N) is 1. The maximum atomic E-state index is 11.2. The number of rotatable bonds is 13. The summed E-state index contributed by atoms with van der Waals surface area (Å²) in [6.07, 6.45) is 7.89. The van der Waals surface area contributed by atoms with E-state index in [2.05, 4.69) is 46.7 Å². The average Bonchev–Trinajstić information content (AvgIpc) is 2.40. The standard InChI is InChI=1S/C15H31NO7P2/c1-14(2)8-5-9-15(3)10-6-11-16(4)12-7-13-22-25(20,21)23-24(17,18)19/h8,10H,5-7,9,11-13H2,1-4H3,(H,20,21)(H2,17,18,19). The number of phosphoric acid groups is 2. The van der Waals surface area contributed by atoms with Crippen LogP contribution in [0.5, 0.6) is 0 Å². The zero-order valence-corrected chi connectivity index (χ0v) is 17.2. The van der Waals surface area contributed by atoms with Crippen LogP contribution in [0.1, 0.15) is 46.5 Å². The van der Waals surface area contributed by atoms with E-state index in [1.165, 1.54) is 11.1 Å². The summed E-state index contributed by atoms with van der Waals surface area (Å²) in [7, 11) is -7.85. The van der Waals surface area contributed by atoms with Gasteiger partial charge in [-0.15, -0.1) is 0 Å². The fourth-order valence-electron chi connectivity index (χ4n) is 2.01. The Balaban J connectivity index is 3.90. The van der Waals surface area contributed by atoms with E-state index < -0.39 is 15.6 Å². The Morgan fingerprint density at radius 2 is 1.68 bits per heavy atom. The van der Waals surface area contributed by atoms with Crippen molar-refractivity contribution in [2.75, 3.05) is 26.7 Å². The molecule has 0 amide bonds. The number of phosphoric ester groups is 1. The highest BCUT2D eigenvalue weighted by Crippen LogP contribution is 2.57. The normalized spacial score (nSPS) is 15.3. The van der Waals surface area contributed by atoms with E-state index >= 15 is 0 Å². The van der Waals surface area contributed by atoms with E-state index in [0.717, 1.165) is 25.8 Å². The Bertz CT molecular complexity index is 538. The van der Waals surface area contributed by atoms with Gasteiger partial charge in [0.25, 0.3) is 0 Å². The van der Waals surface area contributed by atoms with E-state index in [1.54, 1.807) is 0 Å². The van der Waals surface area contributed by atoms with Crippen LogP contribution >= 0.6 is 15.6 Å². The molecule has 10 heteroatoms. The maximum Gasteiger partial charge on any atom is 0.481 e. The molecule has 0 aliphatic rings. The first-order chi connectivity index (χ1) is 11.4. The van der Waals surface area contributed by atoms with E-state index in [0.29, 0.717) is 13.0 Å². The molecular formula is C15H31NO7P2. The first-order valence-electron chi connectivity index (χ1n) is 8.13. The molecule has 0 fully saturated rings. The molecule has 1 unspecified atom stereocenters. The third-order valence-electron chi connectivity index (χ3n) is 3.24. The predicted molar refractivity (Wildman–Crippen MR) is 98.1 cm³/mol. The van der Waals surface area contributed by atoms with Crippen molar-refractivity contribution in [3.8, 4) is 0 Å². The molecule has 0 saturated heterocycles. The lowest BCUT2D eigenvalue weighted by Gasteiger charge is -2.16. The summed E-state index contributed by atoms with van der Waals surface area (Å²) >= 11 is 0. The van der Waals surface area contributed by atoms with E-state index in [-0.39, 0.29) is 6.61 Å². The van der Waals surface area contributed by atoms with Gasteiger partial charge >= 0.3 is 15.6 Å². The van der Waals surface area contributed by atoms with Crippen molar-refractivity contribution in [2.24, 2.45) is 0 Å². The Labute approximate surface area is 150 Å². The Morgan fingerprint density at radius 1 is 1.04 bits per heavy atom. The molecule has 0 spiro atoms. The Kier molecular flexibility index (Phi) is 12.0. The minimum atomic E-state index is -5.05. The van der Waals surface area contributed by atoms with Gasteiger partial charge in [0.2, 0.25) is 0 Å². The van der Waals surface area contributed by atoms with Crippen LogP contribution in [-0.4, -0.2) is 46.3 Å². The van der Waals surface area contributed by atoms with Crippen molar-refractivity contribution >= 4 is 15.6 Å². The summed E-state index contributed by atoms with van der Waals surface area (Å²) < 4.78 is 30.0. The third-order valence-corrected chi connectivity index (χ3v) is 5.43. The first kappa shape index (κ1) is 24.7. The molecule has 25 heavy (non-hydrogen) atoms. The van der Waals surface area contributed by atoms with Gasteiger partial charge < -0.3 is 19.6 Å². The van der Waals surface area contributed by atoms with E-state index in [4.69, 9.17) is 14.7 Å². The van der Waals surface area contributed by atoms with Crippen molar-refractivity contribution in [2.45, 2.75) is 46.5 Å². The summed E-state index contributed by atoms with van der Waals surface area (Å²) in [5.41, 5.74) is 2.68. The molecule has 0 heterocycles. The van der Waals surface area contributed by atoms with Gasteiger partial charge in [-0.25, -0.2) is 9.13 Å². The second kappa shape index (κ2) is 12.2. The fourth-order valence-corrected chi connectivity index (χ4v) is 3.63. The van der Waals surface area contributed by atoms with Gasteiger partial charge in [-0.3, -0.25) is 4.52 Å². The summed E-state index contributed by atoms with van der Waals surface area (Å²) in [6, 6.07) is 0. The van der Waals surface area contributed by atoms with Crippen LogP contribution in [0.2, 0.25) is 0 Å². The molecule has 0 aromatic heterocycles. The average molecular weight is 399 g/mol. The van der Waals surface area contributed by atoms with Crippen LogP contribution in [-0.2, 0) is 18.0 Å². The predicted octanol–water partition coefficient (Wildman–Crippen LogP) is 3.62. The number of hydrogen-bond donors (Lipinski definition) is 3. The molecule has 0 bridgehead atoms. The van der Waals surface area contributed by atoms with Gasteiger partial charge in [-0.1, -0.05) is 23.3 Å². The van der Waals surface area contributed by atoms with Crippen molar-refractivity contribution in [3.05, 3.63) is 23.3 Å². The number of allylic oxidation sites excluding steroid dienone is 3. The molecule has 0 aliphatic heterocycles. The van der Waals surface area contributed by atoms with Crippen LogP contribution in [0.15, 0.2) is 23.3 Å². The highest BCUT2D eigenvalue weighted by Gasteiger charge is 2.31. The van der Waals surface area contributed by atoms with Crippen LogP contribution in [0.25, 0.3) is 0 Å². The van der Waals surface area contributed by atoms with Crippen molar-refractivity contribution in [3.63, 3.8) is 0 Å². The van der Waals surface area contributed by atoms with Crippen LogP contribution in [0, 0.1) is 0 Å². The summed E-state index contributed by atoms with van der Waals surface area (Å²) in [6.45, 7) is 7.63. The second-order valence-corrected chi connectivity index (χ2v) is 9.02. The molecule has 8 nitrogen and oxygen atoms in total. The molecule has 3 N–H and O–H groups in total. The first-order valence-corrected chi connectivity index (χ1v) is 11.2. The smallest absolute Gasteiger partial charge is 0.306 e. The Hall–Kier alpha value is -0.300. The van der Waals surface area contributed by atoms with Gasteiger partial charge in [0.05, 0.1) is 6.61 Å². The summed E-state index contributed by atoms with van der Waals surface area (Å²) in [4.78, 5) is 28.1. The van der Waals surface area contributed by atoms with Crippen molar-refractivity contribution < 1.29 is 32.6 Å². The second-order valence-electron chi connectivity index (χ2n) is 6.19. The molecule has 1 atom stereocenters. The van der Waals surface area contributed by atoms with Gasteiger partial charge in [-0.2, -0.15) is 4.31 Å². The molecule has 0 aliphatic carbocycles. The monoisotopic (exact) mass is 399 g/mol. The molecular weight excluding hydrogens is 368 g/mol. The topological polar surface area (TPSA) is 117 Å². The van der Waals surface area contributed by atoms with E-state index in [9.17, 15) is 9.13 Å². The Morgan fingerprint density at radius 3 is 2.24 bits per heavy atom. The zero-order valence-electron chi connectivity index (χ0n) is 15.4. The SMILES string of the molecule is CC(C)=CCCC(C)=CCCN(C)CCCOP(=O)(O)OP(=O)(O)O. The molecule has 0 saturated carbocycles. The molecule has 148 valence electrons. The lowest BCUT2D eigenvalue weighted by atomic mass is 10.1. The minimum absolute atomic E-state index is 0.129. The van der Waals surface area contributed by atoms with Crippen molar-refractivity contribution in [1.29, 1.82) is 0 Å². The minimum Gasteiger partial charge on any atom is -0.306 e. The van der Waals surface area contributed by atoms with Crippen LogP contribution in [0.4, 0.5) is 0 Å². The van der Waals surface area contributed by atoms with Crippen molar-refractivity contribution in [1.82, 2.24) is 4.90 Å². The third kappa shape index (κ3) is 16.9. The van der Waals surface area contributed by atoms with E-state index in [1.807, 2.05) is 7.05 Å². The van der Waals surface area contributed by atoms with Gasteiger partial charge in [0.1, 0.15) is 0 Å². The fraction of sp³-hybridized carbons (Fsp3) is 0.733. The quantitative estimate of drug-likeness (QED) is 0.244. The highest BCUT2D eigenvalue weighted by molar-refractivity contribution is 7.60. The molecule has 0 radical (unpaired) electrons. The lowest BCUT2D eigenvalue weighted by Crippen LogP contribution is -2.21. The van der Waals surface area contributed by atoms with Gasteiger partial charge in [0.15, 0.2) is 0 Å². The van der Waals surface area contributed by atoms with Crippen LogP contribution in [0.3, 0.4) is 0 Å².